The molecule has 1 aromatic heterocycles. The van der Waals surface area contributed by atoms with Crippen molar-refractivity contribution in [3.63, 3.8) is 0 Å². The van der Waals surface area contributed by atoms with Crippen LogP contribution in [0.4, 0.5) is 13.2 Å². The Morgan fingerprint density at radius 1 is 1.00 bits per heavy atom. The minimum Gasteiger partial charge on any atom is -0.481 e. The summed E-state index contributed by atoms with van der Waals surface area (Å²) in [5, 5.41) is 22.6. The number of hydrogen-bond acceptors (Lipinski definition) is 6. The van der Waals surface area contributed by atoms with Gasteiger partial charge in [-0.1, -0.05) is 48.5 Å². The number of rotatable bonds is 4. The van der Waals surface area contributed by atoms with E-state index in [2.05, 4.69) is 10.2 Å². The second kappa shape index (κ2) is 12.1. The molecule has 3 rings (SSSR count). The lowest BCUT2D eigenvalue weighted by atomic mass is 10.1. The molecule has 0 saturated heterocycles. The number of nitrogens with zero attached hydrogens (tertiary/aromatic N) is 2. The van der Waals surface area contributed by atoms with Crippen molar-refractivity contribution in [1.82, 2.24) is 10.2 Å². The zero-order chi connectivity index (χ0) is 23.4. The highest BCUT2D eigenvalue weighted by atomic mass is 19.4. The molecule has 2 aromatic carbocycles. The summed E-state index contributed by atoms with van der Waals surface area (Å²) < 4.78 is 37.4. The van der Waals surface area contributed by atoms with Crippen molar-refractivity contribution < 1.29 is 37.4 Å². The number of halogens is 3. The van der Waals surface area contributed by atoms with Crippen LogP contribution in [0.25, 0.3) is 11.5 Å². The first-order valence-electron chi connectivity index (χ1n) is 8.68. The van der Waals surface area contributed by atoms with Gasteiger partial charge in [0.05, 0.1) is 6.04 Å². The van der Waals surface area contributed by atoms with Gasteiger partial charge in [0.25, 0.3) is 5.97 Å². The van der Waals surface area contributed by atoms with Crippen molar-refractivity contribution in [3.8, 4) is 11.5 Å². The van der Waals surface area contributed by atoms with Gasteiger partial charge in [0.15, 0.2) is 0 Å². The molecule has 0 saturated carbocycles. The highest BCUT2D eigenvalue weighted by Gasteiger charge is 2.38. The molecular formula is C20H20F3N3O5. The number of nitrogens with two attached hydrogens (primary N) is 1. The molecule has 0 aliphatic heterocycles. The van der Waals surface area contributed by atoms with Gasteiger partial charge < -0.3 is 20.4 Å². The summed E-state index contributed by atoms with van der Waals surface area (Å²) in [5.41, 5.74) is 8.18. The first-order chi connectivity index (χ1) is 14.5. The van der Waals surface area contributed by atoms with Gasteiger partial charge in [0.1, 0.15) is 0 Å². The lowest BCUT2D eigenvalue weighted by molar-refractivity contribution is -0.192. The van der Waals surface area contributed by atoms with E-state index in [0.29, 0.717) is 18.2 Å². The summed E-state index contributed by atoms with van der Waals surface area (Å²) in [4.78, 5) is 17.9. The Balaban J connectivity index is 0.000000366. The fourth-order valence-electron chi connectivity index (χ4n) is 2.04. The minimum absolute atomic E-state index is 0.289. The highest BCUT2D eigenvalue weighted by Crippen LogP contribution is 2.21. The molecule has 1 atom stereocenters. The molecule has 0 radical (unpaired) electrons. The predicted molar refractivity (Wildman–Crippen MR) is 104 cm³/mol. The summed E-state index contributed by atoms with van der Waals surface area (Å²) in [6.07, 6.45) is -4.41. The summed E-state index contributed by atoms with van der Waals surface area (Å²) in [5.74, 6) is -2.62. The highest BCUT2D eigenvalue weighted by molar-refractivity contribution is 5.73. The number of aliphatic carboxylic acids is 2. The quantitative estimate of drug-likeness (QED) is 0.559. The monoisotopic (exact) mass is 439 g/mol. The zero-order valence-corrected chi connectivity index (χ0v) is 16.3. The number of carbonyl (C=O) groups is 2. The van der Waals surface area contributed by atoms with E-state index in [1.54, 1.807) is 0 Å². The Morgan fingerprint density at radius 3 is 1.90 bits per heavy atom. The maximum atomic E-state index is 10.6. The van der Waals surface area contributed by atoms with Gasteiger partial charge in [-0.25, -0.2) is 4.79 Å². The standard InChI is InChI=1S/C16H15N3O.C2HF3O2.C2H4O2/c17-14(11-12-7-3-1-4-8-12)16-19-18-15(20-16)13-9-5-2-6-10-13;3-2(4,5)1(6)7;1-2(3)4/h1-10,14H,11,17H2;(H,6,7);1H3,(H,3,4)/t14-;;/m0../s1. The van der Waals surface area contributed by atoms with Crippen molar-refractivity contribution in [3.05, 3.63) is 72.1 Å². The molecule has 0 amide bonds. The van der Waals surface area contributed by atoms with E-state index < -0.39 is 18.1 Å². The second-order valence-corrected chi connectivity index (χ2v) is 5.93. The predicted octanol–water partition coefficient (Wildman–Crippen LogP) is 3.70. The molecule has 0 unspecified atom stereocenters. The van der Waals surface area contributed by atoms with Crippen LogP contribution >= 0.6 is 0 Å². The van der Waals surface area contributed by atoms with Crippen LogP contribution in [0.1, 0.15) is 24.4 Å². The molecule has 4 N–H and O–H groups in total. The maximum absolute atomic E-state index is 10.6. The Kier molecular flexibility index (Phi) is 9.86. The van der Waals surface area contributed by atoms with E-state index >= 15 is 0 Å². The number of hydrogen-bond donors (Lipinski definition) is 3. The molecule has 3 aromatic rings. The summed E-state index contributed by atoms with van der Waals surface area (Å²) in [6, 6.07) is 19.4. The average molecular weight is 439 g/mol. The van der Waals surface area contributed by atoms with E-state index in [-0.39, 0.29) is 6.04 Å². The third-order valence-electron chi connectivity index (χ3n) is 3.32. The smallest absolute Gasteiger partial charge is 0.481 e. The second-order valence-electron chi connectivity index (χ2n) is 5.93. The van der Waals surface area contributed by atoms with Gasteiger partial charge in [-0.3, -0.25) is 4.79 Å². The van der Waals surface area contributed by atoms with Crippen LogP contribution < -0.4 is 5.73 Å². The fourth-order valence-corrected chi connectivity index (χ4v) is 2.04. The average Bonchev–Trinajstić information content (AvgIpc) is 3.19. The molecular weight excluding hydrogens is 419 g/mol. The molecule has 0 bridgehead atoms. The van der Waals surface area contributed by atoms with Crippen molar-refractivity contribution in [2.24, 2.45) is 5.73 Å². The van der Waals surface area contributed by atoms with Gasteiger partial charge >= 0.3 is 12.1 Å². The molecule has 0 fully saturated rings. The van der Waals surface area contributed by atoms with Crippen molar-refractivity contribution in [2.45, 2.75) is 25.6 Å². The molecule has 31 heavy (non-hydrogen) atoms. The Morgan fingerprint density at radius 2 is 1.45 bits per heavy atom. The number of benzene rings is 2. The van der Waals surface area contributed by atoms with Crippen LogP contribution in [0.3, 0.4) is 0 Å². The van der Waals surface area contributed by atoms with Crippen LogP contribution in [-0.2, 0) is 16.0 Å². The van der Waals surface area contributed by atoms with Gasteiger partial charge in [0.2, 0.25) is 11.8 Å². The van der Waals surface area contributed by atoms with Crippen LogP contribution in [0.15, 0.2) is 65.1 Å². The fraction of sp³-hybridized carbons (Fsp3) is 0.200. The first kappa shape index (κ1) is 25.3. The van der Waals surface area contributed by atoms with E-state index in [1.807, 2.05) is 60.7 Å². The molecule has 0 spiro atoms. The van der Waals surface area contributed by atoms with Crippen molar-refractivity contribution in [2.75, 3.05) is 0 Å². The van der Waals surface area contributed by atoms with Crippen LogP contribution in [0.5, 0.6) is 0 Å². The summed E-state index contributed by atoms with van der Waals surface area (Å²) in [6.45, 7) is 1.08. The molecule has 0 aliphatic rings. The number of alkyl halides is 3. The van der Waals surface area contributed by atoms with E-state index in [4.69, 9.17) is 30.0 Å². The zero-order valence-electron chi connectivity index (χ0n) is 16.3. The molecule has 166 valence electrons. The van der Waals surface area contributed by atoms with Crippen molar-refractivity contribution >= 4 is 11.9 Å². The third-order valence-corrected chi connectivity index (χ3v) is 3.32. The first-order valence-corrected chi connectivity index (χ1v) is 8.68. The lowest BCUT2D eigenvalue weighted by Gasteiger charge is -2.06. The topological polar surface area (TPSA) is 140 Å². The minimum atomic E-state index is -5.08. The molecule has 1 heterocycles. The lowest BCUT2D eigenvalue weighted by Crippen LogP contribution is -2.21. The normalized spacial score (nSPS) is 11.3. The van der Waals surface area contributed by atoms with Crippen LogP contribution in [0, 0.1) is 0 Å². The number of carboxylic acids is 2. The van der Waals surface area contributed by atoms with Gasteiger partial charge in [-0.05, 0) is 24.1 Å². The number of aromatic nitrogens is 2. The van der Waals surface area contributed by atoms with Crippen LogP contribution in [0.2, 0.25) is 0 Å². The largest absolute Gasteiger partial charge is 0.490 e. The SMILES string of the molecule is CC(=O)O.N[C@@H](Cc1ccccc1)c1nnc(-c2ccccc2)o1.O=C(O)C(F)(F)F. The number of carboxylic acid groups (broad SMARTS) is 2. The van der Waals surface area contributed by atoms with E-state index in [9.17, 15) is 13.2 Å². The van der Waals surface area contributed by atoms with E-state index in [0.717, 1.165) is 18.1 Å². The summed E-state index contributed by atoms with van der Waals surface area (Å²) in [7, 11) is 0. The van der Waals surface area contributed by atoms with Gasteiger partial charge in [-0.2, -0.15) is 13.2 Å². The van der Waals surface area contributed by atoms with Crippen LogP contribution in [-0.4, -0.2) is 38.5 Å². The molecule has 11 heteroatoms. The van der Waals surface area contributed by atoms with Gasteiger partial charge in [0, 0.05) is 12.5 Å². The van der Waals surface area contributed by atoms with Crippen molar-refractivity contribution in [1.29, 1.82) is 0 Å². The molecule has 0 aliphatic carbocycles. The molecule has 8 nitrogen and oxygen atoms in total. The maximum Gasteiger partial charge on any atom is 0.490 e. The Labute approximate surface area is 175 Å². The Bertz CT molecular complexity index is 943. The third kappa shape index (κ3) is 10.0. The summed E-state index contributed by atoms with van der Waals surface area (Å²) >= 11 is 0. The van der Waals surface area contributed by atoms with E-state index in [1.165, 1.54) is 0 Å². The Hall–Kier alpha value is -3.73. The van der Waals surface area contributed by atoms with Gasteiger partial charge in [-0.15, -0.1) is 10.2 Å².